The molecule has 0 radical (unpaired) electrons. The summed E-state index contributed by atoms with van der Waals surface area (Å²) in [5.41, 5.74) is 2.23. The van der Waals surface area contributed by atoms with E-state index in [4.69, 9.17) is 14.7 Å². The molecule has 0 unspecified atom stereocenters. The molecule has 0 bridgehead atoms. The minimum Gasteiger partial charge on any atom is -0.426 e. The maximum absolute atomic E-state index is 12.7. The van der Waals surface area contributed by atoms with Crippen LogP contribution in [0, 0.1) is 11.8 Å². The van der Waals surface area contributed by atoms with E-state index in [2.05, 4.69) is 13.8 Å². The molecule has 6 heteroatoms. The molecule has 1 saturated carbocycles. The van der Waals surface area contributed by atoms with Crippen LogP contribution in [-0.2, 0) is 4.79 Å². The molecule has 4 rings (SSSR count). The number of esters is 1. The highest BCUT2D eigenvalue weighted by molar-refractivity contribution is 8.17. The highest BCUT2D eigenvalue weighted by Gasteiger charge is 2.28. The van der Waals surface area contributed by atoms with E-state index in [0.717, 1.165) is 28.8 Å². The van der Waals surface area contributed by atoms with Gasteiger partial charge in [-0.3, -0.25) is 4.79 Å². The van der Waals surface area contributed by atoms with Crippen molar-refractivity contribution in [3.8, 4) is 17.1 Å². The fraction of sp³-hybridized carbons (Fsp3) is 0.676. The summed E-state index contributed by atoms with van der Waals surface area (Å²) >= 11 is 3.85. The number of thioether (sulfide) groups is 2. The number of hydrogen-bond donors (Lipinski definition) is 0. The first-order valence-electron chi connectivity index (χ1n) is 16.0. The molecular formula is C34H50N2O2S2. The zero-order valence-corrected chi connectivity index (χ0v) is 26.5. The second kappa shape index (κ2) is 17.4. The van der Waals surface area contributed by atoms with E-state index in [9.17, 15) is 4.79 Å². The van der Waals surface area contributed by atoms with Crippen molar-refractivity contribution in [3.63, 3.8) is 0 Å². The van der Waals surface area contributed by atoms with E-state index in [1.807, 2.05) is 60.2 Å². The Hall–Kier alpha value is -1.53. The van der Waals surface area contributed by atoms with Gasteiger partial charge in [-0.2, -0.15) is 0 Å². The Morgan fingerprint density at radius 1 is 0.800 bits per heavy atom. The average Bonchev–Trinajstić information content (AvgIpc) is 3.00. The summed E-state index contributed by atoms with van der Waals surface area (Å²) < 4.78 is 6.36. The molecule has 2 fully saturated rings. The number of rotatable bonds is 15. The van der Waals surface area contributed by atoms with Gasteiger partial charge in [0.25, 0.3) is 0 Å². The number of benzene rings is 1. The van der Waals surface area contributed by atoms with Crippen molar-refractivity contribution in [2.45, 2.75) is 121 Å². The SMILES string of the molecule is CCCCCCCC[C@H]1CC[C@H](c2cnc(-c3ccc(OC(=O)C4CSC(CCCCC)SC4)cc3)nc2)CC1. The number of carbonyl (C=O) groups excluding carboxylic acids is 1. The van der Waals surface area contributed by atoms with Crippen molar-refractivity contribution in [2.75, 3.05) is 11.5 Å². The molecule has 1 aliphatic heterocycles. The third kappa shape index (κ3) is 10.1. The van der Waals surface area contributed by atoms with Crippen LogP contribution in [0.3, 0.4) is 0 Å². The predicted octanol–water partition coefficient (Wildman–Crippen LogP) is 10.1. The highest BCUT2D eigenvalue weighted by atomic mass is 32.2. The molecule has 1 saturated heterocycles. The molecule has 0 atom stereocenters. The second-order valence-corrected chi connectivity index (χ2v) is 14.6. The van der Waals surface area contributed by atoms with E-state index in [1.165, 1.54) is 102 Å². The molecule has 220 valence electrons. The molecule has 1 aliphatic carbocycles. The molecule has 2 aliphatic rings. The number of unbranched alkanes of at least 4 members (excludes halogenated alkanes) is 7. The van der Waals surface area contributed by atoms with Crippen LogP contribution in [-0.4, -0.2) is 32.0 Å². The monoisotopic (exact) mass is 582 g/mol. The van der Waals surface area contributed by atoms with Gasteiger partial charge in [0, 0.05) is 29.5 Å². The Kier molecular flexibility index (Phi) is 13.7. The van der Waals surface area contributed by atoms with E-state index in [1.54, 1.807) is 0 Å². The van der Waals surface area contributed by atoms with Crippen molar-refractivity contribution in [3.05, 3.63) is 42.2 Å². The van der Waals surface area contributed by atoms with Crippen LogP contribution in [0.4, 0.5) is 0 Å². The first-order chi connectivity index (χ1) is 19.7. The summed E-state index contributed by atoms with van der Waals surface area (Å²) in [5.74, 6) is 4.43. The lowest BCUT2D eigenvalue weighted by molar-refractivity contribution is -0.137. The molecule has 0 spiro atoms. The Labute approximate surface area is 251 Å². The Morgan fingerprint density at radius 3 is 2.08 bits per heavy atom. The molecule has 1 aromatic heterocycles. The van der Waals surface area contributed by atoms with Crippen LogP contribution in [0.5, 0.6) is 5.75 Å². The van der Waals surface area contributed by atoms with Crippen LogP contribution in [0.2, 0.25) is 0 Å². The van der Waals surface area contributed by atoms with Crippen LogP contribution >= 0.6 is 23.5 Å². The quantitative estimate of drug-likeness (QED) is 0.118. The van der Waals surface area contributed by atoms with Gasteiger partial charge in [-0.15, -0.1) is 23.5 Å². The molecular weight excluding hydrogens is 533 g/mol. The summed E-state index contributed by atoms with van der Waals surface area (Å²) in [6.07, 6.45) is 24.2. The molecule has 0 N–H and O–H groups in total. The zero-order valence-electron chi connectivity index (χ0n) is 24.8. The number of nitrogens with zero attached hydrogens (tertiary/aromatic N) is 2. The summed E-state index contributed by atoms with van der Waals surface area (Å²) in [7, 11) is 0. The van der Waals surface area contributed by atoms with Crippen molar-refractivity contribution in [1.29, 1.82) is 0 Å². The van der Waals surface area contributed by atoms with Gasteiger partial charge in [0.1, 0.15) is 5.75 Å². The Morgan fingerprint density at radius 2 is 1.40 bits per heavy atom. The lowest BCUT2D eigenvalue weighted by Gasteiger charge is -2.28. The van der Waals surface area contributed by atoms with Crippen LogP contribution in [0.25, 0.3) is 11.4 Å². The highest BCUT2D eigenvalue weighted by Crippen LogP contribution is 2.39. The maximum Gasteiger partial charge on any atom is 0.316 e. The van der Waals surface area contributed by atoms with Gasteiger partial charge in [0.2, 0.25) is 0 Å². The number of aromatic nitrogens is 2. The van der Waals surface area contributed by atoms with Crippen molar-refractivity contribution in [2.24, 2.45) is 11.8 Å². The lowest BCUT2D eigenvalue weighted by atomic mass is 9.77. The van der Waals surface area contributed by atoms with Crippen LogP contribution in [0.15, 0.2) is 36.7 Å². The summed E-state index contributed by atoms with van der Waals surface area (Å²) in [4.78, 5) is 22.1. The van der Waals surface area contributed by atoms with Gasteiger partial charge in [-0.05, 0) is 73.8 Å². The molecule has 1 aromatic carbocycles. The molecule has 4 nitrogen and oxygen atoms in total. The van der Waals surface area contributed by atoms with E-state index in [-0.39, 0.29) is 11.9 Å². The standard InChI is InChI=1S/C34H50N2O2S2/c1-3-5-7-8-9-11-12-26-14-16-27(17-15-26)29-22-35-33(36-23-29)28-18-20-31(21-19-28)38-34(37)30-24-39-32(40-25-30)13-10-6-4-2/h18-23,26-27,30,32H,3-17,24-25H2,1-2H3/t26-,27-,30?,32?. The number of carbonyl (C=O) groups is 1. The third-order valence-electron chi connectivity index (χ3n) is 8.63. The summed E-state index contributed by atoms with van der Waals surface area (Å²) in [6.45, 7) is 4.53. The van der Waals surface area contributed by atoms with Gasteiger partial charge in [-0.25, -0.2) is 9.97 Å². The average molecular weight is 583 g/mol. The normalized spacial score (nSPS) is 23.1. The van der Waals surface area contributed by atoms with Crippen LogP contribution in [0.1, 0.15) is 122 Å². The Bertz CT molecular complexity index is 982. The summed E-state index contributed by atoms with van der Waals surface area (Å²) in [6, 6.07) is 7.65. The fourth-order valence-corrected chi connectivity index (χ4v) is 9.05. The van der Waals surface area contributed by atoms with Gasteiger partial charge in [-0.1, -0.05) is 78.1 Å². The predicted molar refractivity (Wildman–Crippen MR) is 172 cm³/mol. The van der Waals surface area contributed by atoms with Crippen molar-refractivity contribution < 1.29 is 9.53 Å². The topological polar surface area (TPSA) is 52.1 Å². The fourth-order valence-electron chi connectivity index (χ4n) is 5.97. The molecule has 2 aromatic rings. The van der Waals surface area contributed by atoms with Gasteiger partial charge < -0.3 is 4.74 Å². The molecule has 40 heavy (non-hydrogen) atoms. The van der Waals surface area contributed by atoms with Gasteiger partial charge >= 0.3 is 5.97 Å². The smallest absolute Gasteiger partial charge is 0.316 e. The van der Waals surface area contributed by atoms with Crippen molar-refractivity contribution in [1.82, 2.24) is 9.97 Å². The first kappa shape index (κ1) is 31.4. The van der Waals surface area contributed by atoms with Crippen molar-refractivity contribution >= 4 is 29.5 Å². The lowest BCUT2D eigenvalue weighted by Crippen LogP contribution is -2.29. The maximum atomic E-state index is 12.7. The third-order valence-corrected chi connectivity index (χ3v) is 11.9. The summed E-state index contributed by atoms with van der Waals surface area (Å²) in [5, 5.41) is 0. The minimum atomic E-state index is -0.109. The largest absolute Gasteiger partial charge is 0.426 e. The van der Waals surface area contributed by atoms with Crippen LogP contribution < -0.4 is 4.74 Å². The van der Waals surface area contributed by atoms with Gasteiger partial charge in [0.15, 0.2) is 5.82 Å². The number of ether oxygens (including phenoxy) is 1. The van der Waals surface area contributed by atoms with Gasteiger partial charge in [0.05, 0.1) is 10.5 Å². The second-order valence-electron chi connectivity index (χ2n) is 11.8. The number of hydrogen-bond acceptors (Lipinski definition) is 6. The van der Waals surface area contributed by atoms with E-state index >= 15 is 0 Å². The zero-order chi connectivity index (χ0) is 28.0. The molecule has 2 heterocycles. The van der Waals surface area contributed by atoms with E-state index in [0.29, 0.717) is 16.2 Å². The van der Waals surface area contributed by atoms with E-state index < -0.39 is 0 Å². The Balaban J connectivity index is 1.17. The minimum absolute atomic E-state index is 0.0291. The first-order valence-corrected chi connectivity index (χ1v) is 18.1. The molecule has 0 amide bonds.